The Labute approximate surface area is 348 Å². The number of benzene rings is 6. The molecule has 0 aliphatic carbocycles. The Balaban J connectivity index is 1.49. The van der Waals surface area contributed by atoms with Crippen LogP contribution in [0.2, 0.25) is 10.0 Å². The molecular weight excluding hydrogens is 779 g/mol. The Morgan fingerprint density at radius 1 is 0.483 bits per heavy atom. The van der Waals surface area contributed by atoms with Crippen molar-refractivity contribution in [3.05, 3.63) is 116 Å². The minimum absolute atomic E-state index is 0.299. The second kappa shape index (κ2) is 18.2. The zero-order valence-corrected chi connectivity index (χ0v) is 35.3. The molecule has 6 aromatic rings. The van der Waals surface area contributed by atoms with E-state index in [2.05, 4.69) is 10.6 Å². The average Bonchev–Trinajstić information content (AvgIpc) is 3.22. The lowest BCUT2D eigenvalue weighted by Gasteiger charge is -2.24. The molecule has 0 saturated heterocycles. The molecule has 0 aliphatic heterocycles. The van der Waals surface area contributed by atoms with E-state index in [0.29, 0.717) is 103 Å². The third-order valence-corrected chi connectivity index (χ3v) is 10.7. The van der Waals surface area contributed by atoms with Crippen molar-refractivity contribution in [3.8, 4) is 45.6 Å². The number of amides is 2. The van der Waals surface area contributed by atoms with E-state index in [1.54, 1.807) is 14.2 Å². The van der Waals surface area contributed by atoms with Gasteiger partial charge in [-0.15, -0.1) is 0 Å². The van der Waals surface area contributed by atoms with Crippen molar-refractivity contribution in [2.75, 3.05) is 55.7 Å². The molecule has 302 valence electrons. The summed E-state index contributed by atoms with van der Waals surface area (Å²) >= 11 is 12.1. The first kappa shape index (κ1) is 41.8. The molecule has 0 saturated carbocycles. The first-order chi connectivity index (χ1) is 28.0. The maximum absolute atomic E-state index is 14.1. The van der Waals surface area contributed by atoms with Crippen LogP contribution in [0.1, 0.15) is 43.0 Å². The van der Waals surface area contributed by atoms with Gasteiger partial charge in [0.05, 0.1) is 53.8 Å². The summed E-state index contributed by atoms with van der Waals surface area (Å²) in [6.45, 7) is 4.65. The van der Waals surface area contributed by atoms with Gasteiger partial charge in [-0.1, -0.05) is 47.5 Å². The van der Waals surface area contributed by atoms with Gasteiger partial charge in [0.1, 0.15) is 11.5 Å². The van der Waals surface area contributed by atoms with Crippen molar-refractivity contribution in [2.24, 2.45) is 0 Å². The van der Waals surface area contributed by atoms with Gasteiger partial charge < -0.3 is 39.1 Å². The molecule has 10 nitrogen and oxygen atoms in total. The molecule has 2 N–H and O–H groups in total. The van der Waals surface area contributed by atoms with Crippen molar-refractivity contribution < 1.29 is 38.0 Å². The molecule has 0 aromatic heterocycles. The van der Waals surface area contributed by atoms with Gasteiger partial charge in [-0.05, 0) is 97.5 Å². The number of carbonyl (C=O) groups excluding carboxylic acids is 2. The molecular formula is C46H46Cl2N2O8. The van der Waals surface area contributed by atoms with Crippen molar-refractivity contribution in [1.29, 1.82) is 0 Å². The van der Waals surface area contributed by atoms with Gasteiger partial charge in [-0.25, -0.2) is 0 Å². The van der Waals surface area contributed by atoms with Crippen molar-refractivity contribution in [3.63, 3.8) is 0 Å². The van der Waals surface area contributed by atoms with Crippen LogP contribution in [0.4, 0.5) is 0 Å². The van der Waals surface area contributed by atoms with Gasteiger partial charge in [0, 0.05) is 55.8 Å². The fourth-order valence-electron chi connectivity index (χ4n) is 7.51. The smallest absolute Gasteiger partial charge is 0.255 e. The standard InChI is InChI=1S/C46H46Cl2N2O8/c1-25-21-31-33(23-35(53-3)43(57-7)39(31)45(51)49-19-17-27-9-13-29(47)14-10-27)41(55-5)37(25)38-26(2)22-32-34(42(38)56-6)24-36(54-4)44(58-8)40(32)46(52)50-20-18-28-11-15-30(48)16-12-28/h9-16,21-24H,17-20H2,1-8H3,(H,49,51)(H,50,52). The summed E-state index contributed by atoms with van der Waals surface area (Å²) in [6, 6.07) is 22.5. The Kier molecular flexibility index (Phi) is 13.1. The lowest BCUT2D eigenvalue weighted by molar-refractivity contribution is 0.0943. The van der Waals surface area contributed by atoms with Gasteiger partial charge in [-0.2, -0.15) is 0 Å². The minimum atomic E-state index is -0.330. The first-order valence-corrected chi connectivity index (χ1v) is 19.3. The summed E-state index contributed by atoms with van der Waals surface area (Å²) in [5, 5.41) is 9.89. The van der Waals surface area contributed by atoms with Crippen LogP contribution < -0.4 is 39.1 Å². The van der Waals surface area contributed by atoms with E-state index < -0.39 is 0 Å². The van der Waals surface area contributed by atoms with Crippen LogP contribution in [0.3, 0.4) is 0 Å². The summed E-state index contributed by atoms with van der Waals surface area (Å²) in [5.41, 5.74) is 5.76. The number of nitrogens with one attached hydrogen (secondary N) is 2. The molecule has 12 heteroatoms. The second-order valence-electron chi connectivity index (χ2n) is 13.6. The second-order valence-corrected chi connectivity index (χ2v) is 14.5. The van der Waals surface area contributed by atoms with Crippen LogP contribution in [-0.2, 0) is 12.8 Å². The van der Waals surface area contributed by atoms with Crippen LogP contribution in [0.5, 0.6) is 34.5 Å². The Morgan fingerprint density at radius 2 is 0.828 bits per heavy atom. The molecule has 0 bridgehead atoms. The van der Waals surface area contributed by atoms with Gasteiger partial charge in [-0.3, -0.25) is 9.59 Å². The normalized spacial score (nSPS) is 11.0. The van der Waals surface area contributed by atoms with E-state index in [1.807, 2.05) is 86.6 Å². The Bertz CT molecular complexity index is 2330. The Hall–Kier alpha value is -5.84. The number of carbonyl (C=O) groups is 2. The summed E-state index contributed by atoms with van der Waals surface area (Å²) in [5.74, 6) is 1.64. The van der Waals surface area contributed by atoms with Crippen LogP contribution in [-0.4, -0.2) is 67.6 Å². The molecule has 2 amide bonds. The van der Waals surface area contributed by atoms with E-state index >= 15 is 0 Å². The molecule has 0 spiro atoms. The minimum Gasteiger partial charge on any atom is -0.495 e. The number of aryl methyl sites for hydroxylation is 2. The zero-order chi connectivity index (χ0) is 41.7. The summed E-state index contributed by atoms with van der Waals surface area (Å²) in [6.07, 6.45) is 1.20. The van der Waals surface area contributed by atoms with Crippen LogP contribution in [0.25, 0.3) is 32.7 Å². The highest BCUT2D eigenvalue weighted by molar-refractivity contribution is 6.30. The lowest BCUT2D eigenvalue weighted by atomic mass is 9.87. The van der Waals surface area contributed by atoms with Crippen LogP contribution >= 0.6 is 23.2 Å². The summed E-state index contributed by atoms with van der Waals surface area (Å²) in [7, 11) is 9.24. The highest BCUT2D eigenvalue weighted by atomic mass is 35.5. The molecule has 0 radical (unpaired) electrons. The maximum atomic E-state index is 14.1. The van der Waals surface area contributed by atoms with Crippen molar-refractivity contribution >= 4 is 56.6 Å². The number of halogens is 2. The molecule has 0 unspecified atom stereocenters. The molecule has 0 heterocycles. The highest BCUT2D eigenvalue weighted by Crippen LogP contribution is 2.52. The number of hydrogen-bond acceptors (Lipinski definition) is 8. The number of methoxy groups -OCH3 is 6. The fourth-order valence-corrected chi connectivity index (χ4v) is 7.77. The quantitative estimate of drug-likeness (QED) is 0.105. The van der Waals surface area contributed by atoms with E-state index in [0.717, 1.165) is 33.4 Å². The zero-order valence-electron chi connectivity index (χ0n) is 33.8. The van der Waals surface area contributed by atoms with Crippen molar-refractivity contribution in [1.82, 2.24) is 10.6 Å². The molecule has 0 fully saturated rings. The summed E-state index contributed by atoms with van der Waals surface area (Å²) in [4.78, 5) is 28.2. The number of rotatable bonds is 15. The Morgan fingerprint density at radius 3 is 1.14 bits per heavy atom. The fraction of sp³-hybridized carbons (Fsp3) is 0.261. The molecule has 58 heavy (non-hydrogen) atoms. The van der Waals surface area contributed by atoms with E-state index in [1.165, 1.54) is 28.4 Å². The largest absolute Gasteiger partial charge is 0.495 e. The molecule has 6 aromatic carbocycles. The lowest BCUT2D eigenvalue weighted by Crippen LogP contribution is -2.26. The van der Waals surface area contributed by atoms with E-state index in [4.69, 9.17) is 51.6 Å². The number of fused-ring (bicyclic) bond motifs is 2. The predicted octanol–water partition coefficient (Wildman–Crippen LogP) is 9.58. The topological polar surface area (TPSA) is 114 Å². The van der Waals surface area contributed by atoms with E-state index in [9.17, 15) is 9.59 Å². The van der Waals surface area contributed by atoms with Crippen LogP contribution in [0.15, 0.2) is 72.8 Å². The predicted molar refractivity (Wildman–Crippen MR) is 231 cm³/mol. The number of hydrogen-bond donors (Lipinski definition) is 2. The third-order valence-electron chi connectivity index (χ3n) is 10.2. The molecule has 0 atom stereocenters. The molecule has 0 aliphatic rings. The maximum Gasteiger partial charge on any atom is 0.255 e. The monoisotopic (exact) mass is 824 g/mol. The third kappa shape index (κ3) is 8.12. The highest BCUT2D eigenvalue weighted by Gasteiger charge is 2.30. The first-order valence-electron chi connectivity index (χ1n) is 18.6. The van der Waals surface area contributed by atoms with E-state index in [-0.39, 0.29) is 11.8 Å². The number of ether oxygens (including phenoxy) is 6. The average molecular weight is 826 g/mol. The van der Waals surface area contributed by atoms with Gasteiger partial charge in [0.25, 0.3) is 11.8 Å². The van der Waals surface area contributed by atoms with Gasteiger partial charge in [0.2, 0.25) is 0 Å². The molecule has 6 rings (SSSR count). The van der Waals surface area contributed by atoms with Crippen molar-refractivity contribution in [2.45, 2.75) is 26.7 Å². The summed E-state index contributed by atoms with van der Waals surface area (Å²) < 4.78 is 35.7. The van der Waals surface area contributed by atoms with Gasteiger partial charge in [0.15, 0.2) is 23.0 Å². The SMILES string of the molecule is COc1cc2c(OC)c(-c3c(C)cc4c(C(=O)NCCc5ccc(Cl)cc5)c(OC)c(OC)cc4c3OC)c(C)cc2c(C(=O)NCCc2ccc(Cl)cc2)c1OC. The van der Waals surface area contributed by atoms with Crippen LogP contribution in [0, 0.1) is 13.8 Å². The van der Waals surface area contributed by atoms with Gasteiger partial charge >= 0.3 is 0 Å².